The molecule has 0 spiro atoms. The molecule has 1 N–H and O–H groups in total. The Morgan fingerprint density at radius 1 is 1.04 bits per heavy atom. The van der Waals surface area contributed by atoms with Crippen LogP contribution >= 0.6 is 11.6 Å². The molecule has 8 heteroatoms. The fourth-order valence-electron chi connectivity index (χ4n) is 3.30. The van der Waals surface area contributed by atoms with Gasteiger partial charge < -0.3 is 14.8 Å². The van der Waals surface area contributed by atoms with Gasteiger partial charge in [0.15, 0.2) is 0 Å². The molecule has 0 unspecified atom stereocenters. The van der Waals surface area contributed by atoms with Gasteiger partial charge in [0, 0.05) is 50.3 Å². The number of amides is 2. The summed E-state index contributed by atoms with van der Waals surface area (Å²) in [5.74, 6) is -0.117. The van der Waals surface area contributed by atoms with Crippen molar-refractivity contribution < 1.29 is 9.59 Å². The number of hydrogen-bond acceptors (Lipinski definition) is 4. The Hall–Kier alpha value is -2.93. The first-order valence-corrected chi connectivity index (χ1v) is 9.10. The number of rotatable bonds is 3. The standard InChI is InChI=1S/C19H18ClN5O2/c20-18-14(3-1-6-22-18)19(27)25-9-7-24(8-10-25)16(26)11-13-12-23-15-4-2-5-21-17(13)15/h1-6,12,23H,7-11H2. The summed E-state index contributed by atoms with van der Waals surface area (Å²) in [5, 5.41) is 0.202. The van der Waals surface area contributed by atoms with E-state index in [2.05, 4.69) is 15.0 Å². The van der Waals surface area contributed by atoms with Gasteiger partial charge in [-0.2, -0.15) is 0 Å². The Bertz CT molecular complexity index is 994. The smallest absolute Gasteiger partial charge is 0.257 e. The predicted molar refractivity (Wildman–Crippen MR) is 102 cm³/mol. The molecular formula is C19H18ClN5O2. The summed E-state index contributed by atoms with van der Waals surface area (Å²) in [6, 6.07) is 7.15. The maximum atomic E-state index is 12.7. The van der Waals surface area contributed by atoms with Gasteiger partial charge in [0.2, 0.25) is 5.91 Å². The van der Waals surface area contributed by atoms with Crippen LogP contribution in [-0.2, 0) is 11.2 Å². The van der Waals surface area contributed by atoms with Crippen molar-refractivity contribution in [3.05, 3.63) is 59.1 Å². The normalized spacial score (nSPS) is 14.6. The molecule has 1 fully saturated rings. The first-order chi connectivity index (χ1) is 13.1. The minimum absolute atomic E-state index is 0.0352. The second-order valence-electron chi connectivity index (χ2n) is 6.41. The van der Waals surface area contributed by atoms with Crippen LogP contribution in [-0.4, -0.2) is 62.7 Å². The molecule has 0 radical (unpaired) electrons. The number of aromatic amines is 1. The van der Waals surface area contributed by atoms with Gasteiger partial charge in [-0.3, -0.25) is 14.6 Å². The van der Waals surface area contributed by atoms with Gasteiger partial charge in [-0.25, -0.2) is 4.98 Å². The monoisotopic (exact) mass is 383 g/mol. The first kappa shape index (κ1) is 17.5. The van der Waals surface area contributed by atoms with Gasteiger partial charge in [0.25, 0.3) is 5.91 Å². The van der Waals surface area contributed by atoms with Crippen molar-refractivity contribution in [2.45, 2.75) is 6.42 Å². The number of carbonyl (C=O) groups is 2. The molecule has 27 heavy (non-hydrogen) atoms. The largest absolute Gasteiger partial charge is 0.360 e. The Morgan fingerprint density at radius 3 is 2.52 bits per heavy atom. The van der Waals surface area contributed by atoms with Crippen LogP contribution in [0, 0.1) is 0 Å². The average Bonchev–Trinajstić information content (AvgIpc) is 3.11. The zero-order chi connectivity index (χ0) is 18.8. The molecule has 4 heterocycles. The van der Waals surface area contributed by atoms with Gasteiger partial charge in [-0.05, 0) is 24.3 Å². The number of carbonyl (C=O) groups excluding carboxylic acids is 2. The van der Waals surface area contributed by atoms with Crippen LogP contribution in [0.15, 0.2) is 42.9 Å². The summed E-state index contributed by atoms with van der Waals surface area (Å²) in [4.78, 5) is 40.2. The van der Waals surface area contributed by atoms with E-state index < -0.39 is 0 Å². The lowest BCUT2D eigenvalue weighted by molar-refractivity contribution is -0.131. The highest BCUT2D eigenvalue weighted by Crippen LogP contribution is 2.18. The van der Waals surface area contributed by atoms with Gasteiger partial charge in [-0.1, -0.05) is 11.6 Å². The second kappa shape index (κ2) is 7.36. The van der Waals surface area contributed by atoms with Crippen molar-refractivity contribution in [1.82, 2.24) is 24.8 Å². The van der Waals surface area contributed by atoms with E-state index in [1.165, 1.54) is 0 Å². The highest BCUT2D eigenvalue weighted by atomic mass is 35.5. The minimum Gasteiger partial charge on any atom is -0.360 e. The fourth-order valence-corrected chi connectivity index (χ4v) is 3.50. The summed E-state index contributed by atoms with van der Waals surface area (Å²) >= 11 is 6.01. The Morgan fingerprint density at radius 2 is 1.74 bits per heavy atom. The first-order valence-electron chi connectivity index (χ1n) is 8.72. The van der Waals surface area contributed by atoms with Crippen molar-refractivity contribution in [3.8, 4) is 0 Å². The minimum atomic E-state index is -0.152. The Labute approximate surface area is 161 Å². The Balaban J connectivity index is 1.38. The molecule has 1 aliphatic rings. The van der Waals surface area contributed by atoms with Crippen LogP contribution in [0.1, 0.15) is 15.9 Å². The molecule has 0 atom stereocenters. The summed E-state index contributed by atoms with van der Waals surface area (Å²) < 4.78 is 0. The maximum absolute atomic E-state index is 12.7. The molecule has 138 valence electrons. The summed E-state index contributed by atoms with van der Waals surface area (Å²) in [5.41, 5.74) is 3.02. The van der Waals surface area contributed by atoms with Crippen molar-refractivity contribution in [3.63, 3.8) is 0 Å². The van der Waals surface area contributed by atoms with Crippen LogP contribution in [0.4, 0.5) is 0 Å². The molecule has 1 saturated heterocycles. The number of aromatic nitrogens is 3. The number of nitrogens with zero attached hydrogens (tertiary/aromatic N) is 4. The quantitative estimate of drug-likeness (QED) is 0.702. The molecule has 3 aromatic rings. The van der Waals surface area contributed by atoms with E-state index in [4.69, 9.17) is 11.6 Å². The number of fused-ring (bicyclic) bond motifs is 1. The molecule has 7 nitrogen and oxygen atoms in total. The van der Waals surface area contributed by atoms with E-state index in [1.54, 1.807) is 34.3 Å². The zero-order valence-corrected chi connectivity index (χ0v) is 15.3. The van der Waals surface area contributed by atoms with Crippen molar-refractivity contribution in [2.75, 3.05) is 26.2 Å². The third-order valence-electron chi connectivity index (χ3n) is 4.76. The molecular weight excluding hydrogens is 366 g/mol. The molecule has 4 rings (SSSR count). The maximum Gasteiger partial charge on any atom is 0.257 e. The van der Waals surface area contributed by atoms with E-state index in [0.717, 1.165) is 16.6 Å². The lowest BCUT2D eigenvalue weighted by Gasteiger charge is -2.35. The highest BCUT2D eigenvalue weighted by Gasteiger charge is 2.26. The predicted octanol–water partition coefficient (Wildman–Crippen LogP) is 2.14. The number of H-pyrrole nitrogens is 1. The number of pyridine rings is 2. The lowest BCUT2D eigenvalue weighted by atomic mass is 10.1. The fraction of sp³-hybridized carbons (Fsp3) is 0.263. The highest BCUT2D eigenvalue weighted by molar-refractivity contribution is 6.32. The average molecular weight is 384 g/mol. The third kappa shape index (κ3) is 3.50. The zero-order valence-electron chi connectivity index (χ0n) is 14.6. The van der Waals surface area contributed by atoms with Crippen LogP contribution in [0.25, 0.3) is 11.0 Å². The van der Waals surface area contributed by atoms with Crippen molar-refractivity contribution >= 4 is 34.4 Å². The van der Waals surface area contributed by atoms with E-state index in [0.29, 0.717) is 38.2 Å². The lowest BCUT2D eigenvalue weighted by Crippen LogP contribution is -2.51. The molecule has 1 aliphatic heterocycles. The molecule has 0 aliphatic carbocycles. The van der Waals surface area contributed by atoms with Crippen LogP contribution in [0.5, 0.6) is 0 Å². The topological polar surface area (TPSA) is 82.2 Å². The molecule has 0 bridgehead atoms. The van der Waals surface area contributed by atoms with Crippen LogP contribution in [0.3, 0.4) is 0 Å². The number of halogens is 1. The van der Waals surface area contributed by atoms with E-state index in [-0.39, 0.29) is 17.0 Å². The van der Waals surface area contributed by atoms with E-state index in [1.807, 2.05) is 18.3 Å². The molecule has 3 aromatic heterocycles. The molecule has 0 aromatic carbocycles. The number of nitrogens with one attached hydrogen (secondary N) is 1. The van der Waals surface area contributed by atoms with E-state index >= 15 is 0 Å². The van der Waals surface area contributed by atoms with Crippen LogP contribution in [0.2, 0.25) is 5.15 Å². The van der Waals surface area contributed by atoms with Crippen LogP contribution < -0.4 is 0 Å². The number of hydrogen-bond donors (Lipinski definition) is 1. The summed E-state index contributed by atoms with van der Waals surface area (Å²) in [7, 11) is 0. The molecule has 2 amide bonds. The summed E-state index contributed by atoms with van der Waals surface area (Å²) in [6.45, 7) is 1.94. The SMILES string of the molecule is O=C(Cc1c[nH]c2cccnc12)N1CCN(C(=O)c2cccnc2Cl)CC1. The van der Waals surface area contributed by atoms with Gasteiger partial charge >= 0.3 is 0 Å². The molecule has 0 saturated carbocycles. The van der Waals surface area contributed by atoms with Gasteiger partial charge in [0.1, 0.15) is 5.15 Å². The van der Waals surface area contributed by atoms with E-state index in [9.17, 15) is 9.59 Å². The van der Waals surface area contributed by atoms with Crippen molar-refractivity contribution in [2.24, 2.45) is 0 Å². The Kier molecular flexibility index (Phi) is 4.77. The second-order valence-corrected chi connectivity index (χ2v) is 6.76. The summed E-state index contributed by atoms with van der Waals surface area (Å²) in [6.07, 6.45) is 5.40. The van der Waals surface area contributed by atoms with Gasteiger partial charge in [0.05, 0.1) is 23.0 Å². The number of piperazine rings is 1. The van der Waals surface area contributed by atoms with Crippen molar-refractivity contribution in [1.29, 1.82) is 0 Å². The van der Waals surface area contributed by atoms with Gasteiger partial charge in [-0.15, -0.1) is 0 Å². The third-order valence-corrected chi connectivity index (χ3v) is 5.07.